The van der Waals surface area contributed by atoms with Crippen molar-refractivity contribution in [3.8, 4) is 5.75 Å². The van der Waals surface area contributed by atoms with Crippen LogP contribution in [0.3, 0.4) is 0 Å². The molecule has 24 heavy (non-hydrogen) atoms. The summed E-state index contributed by atoms with van der Waals surface area (Å²) in [6.45, 7) is 4.91. The Morgan fingerprint density at radius 3 is 2.83 bits per heavy atom. The lowest BCUT2D eigenvalue weighted by atomic mass is 9.85. The number of carbonyl (C=O) groups is 1. The smallest absolute Gasteiger partial charge is 0.226 e. The first-order valence-electron chi connectivity index (χ1n) is 7.86. The average Bonchev–Trinajstić information content (AvgIpc) is 2.82. The van der Waals surface area contributed by atoms with Crippen molar-refractivity contribution in [1.29, 1.82) is 0 Å². The van der Waals surface area contributed by atoms with Gasteiger partial charge < -0.3 is 10.1 Å². The lowest BCUT2D eigenvalue weighted by Gasteiger charge is -2.25. The molecule has 0 spiro atoms. The van der Waals surface area contributed by atoms with E-state index < -0.39 is 0 Å². The lowest BCUT2D eigenvalue weighted by molar-refractivity contribution is -0.116. The summed E-state index contributed by atoms with van der Waals surface area (Å²) < 4.78 is 7.41. The first-order chi connectivity index (χ1) is 11.5. The summed E-state index contributed by atoms with van der Waals surface area (Å²) in [6, 6.07) is 3.46. The molecule has 128 valence electrons. The van der Waals surface area contributed by atoms with Gasteiger partial charge >= 0.3 is 0 Å². The zero-order chi connectivity index (χ0) is 17.4. The molecule has 1 unspecified atom stereocenters. The third-order valence-electron chi connectivity index (χ3n) is 4.30. The SMILES string of the molecule is CCCn1nc2c(c1C)C(c1cc(Cl)cc(Cl)c1OC)CC(=O)N2. The summed E-state index contributed by atoms with van der Waals surface area (Å²) in [5, 5.41) is 8.36. The zero-order valence-electron chi connectivity index (χ0n) is 13.8. The zero-order valence-corrected chi connectivity index (χ0v) is 15.3. The Morgan fingerprint density at radius 2 is 2.17 bits per heavy atom. The van der Waals surface area contributed by atoms with E-state index in [0.29, 0.717) is 28.0 Å². The van der Waals surface area contributed by atoms with Crippen molar-refractivity contribution in [2.45, 2.75) is 39.2 Å². The quantitative estimate of drug-likeness (QED) is 0.871. The van der Waals surface area contributed by atoms with Crippen LogP contribution in [0.2, 0.25) is 10.0 Å². The fourth-order valence-electron chi connectivity index (χ4n) is 3.29. The number of halogens is 2. The van der Waals surface area contributed by atoms with Gasteiger partial charge in [0.15, 0.2) is 5.82 Å². The maximum atomic E-state index is 12.2. The molecule has 0 fully saturated rings. The number of nitrogens with zero attached hydrogens (tertiary/aromatic N) is 2. The highest BCUT2D eigenvalue weighted by Gasteiger charge is 2.34. The first-order valence-corrected chi connectivity index (χ1v) is 8.61. The van der Waals surface area contributed by atoms with Crippen molar-refractivity contribution in [2.24, 2.45) is 0 Å². The topological polar surface area (TPSA) is 56.2 Å². The molecule has 1 aromatic heterocycles. The molecule has 0 aliphatic carbocycles. The predicted molar refractivity (Wildman–Crippen MR) is 95.4 cm³/mol. The van der Waals surface area contributed by atoms with Gasteiger partial charge in [0.25, 0.3) is 0 Å². The van der Waals surface area contributed by atoms with E-state index in [0.717, 1.165) is 29.8 Å². The number of anilines is 1. The third kappa shape index (κ3) is 2.87. The number of rotatable bonds is 4. The van der Waals surface area contributed by atoms with Gasteiger partial charge in [-0.3, -0.25) is 9.48 Å². The number of hydrogen-bond donors (Lipinski definition) is 1. The number of fused-ring (bicyclic) bond motifs is 1. The molecule has 1 aliphatic heterocycles. The number of benzene rings is 1. The van der Waals surface area contributed by atoms with Crippen LogP contribution in [0, 0.1) is 6.92 Å². The average molecular weight is 368 g/mol. The second-order valence-corrected chi connectivity index (χ2v) is 6.73. The van der Waals surface area contributed by atoms with Crippen LogP contribution in [-0.4, -0.2) is 22.8 Å². The Morgan fingerprint density at radius 1 is 1.42 bits per heavy atom. The standard InChI is InChI=1S/C17H19Cl2N3O2/c1-4-5-22-9(2)15-11(8-14(23)20-17(15)21-22)12-6-10(18)7-13(19)16(12)24-3/h6-7,11H,4-5,8H2,1-3H3,(H,20,21,23). The highest BCUT2D eigenvalue weighted by atomic mass is 35.5. The van der Waals surface area contributed by atoms with E-state index in [4.69, 9.17) is 27.9 Å². The molecular formula is C17H19Cl2N3O2. The van der Waals surface area contributed by atoms with Crippen LogP contribution in [0.5, 0.6) is 5.75 Å². The van der Waals surface area contributed by atoms with Crippen molar-refractivity contribution < 1.29 is 9.53 Å². The van der Waals surface area contributed by atoms with E-state index in [9.17, 15) is 4.79 Å². The molecule has 0 radical (unpaired) electrons. The summed E-state index contributed by atoms with van der Waals surface area (Å²) in [4.78, 5) is 12.2. The molecule has 2 aromatic rings. The van der Waals surface area contributed by atoms with Crippen LogP contribution in [0.1, 0.15) is 42.5 Å². The number of nitrogens with one attached hydrogen (secondary N) is 1. The summed E-state index contributed by atoms with van der Waals surface area (Å²) in [6.07, 6.45) is 1.27. The number of hydrogen-bond acceptors (Lipinski definition) is 3. The van der Waals surface area contributed by atoms with Crippen molar-refractivity contribution in [3.05, 3.63) is 39.0 Å². The molecule has 1 aromatic carbocycles. The van der Waals surface area contributed by atoms with Gasteiger partial charge in [-0.1, -0.05) is 30.1 Å². The second-order valence-electron chi connectivity index (χ2n) is 5.89. The number of amides is 1. The number of aromatic nitrogens is 2. The van der Waals surface area contributed by atoms with E-state index >= 15 is 0 Å². The largest absolute Gasteiger partial charge is 0.495 e. The maximum absolute atomic E-state index is 12.2. The Hall–Kier alpha value is -1.72. The van der Waals surface area contributed by atoms with E-state index in [2.05, 4.69) is 17.3 Å². The minimum absolute atomic E-state index is 0.0770. The molecule has 0 saturated carbocycles. The van der Waals surface area contributed by atoms with Crippen LogP contribution in [0.4, 0.5) is 5.82 Å². The van der Waals surface area contributed by atoms with Crippen LogP contribution in [-0.2, 0) is 11.3 Å². The molecule has 1 atom stereocenters. The minimum atomic E-state index is -0.189. The molecule has 0 bridgehead atoms. The van der Waals surface area contributed by atoms with Gasteiger partial charge in [-0.2, -0.15) is 5.10 Å². The highest BCUT2D eigenvalue weighted by molar-refractivity contribution is 6.35. The Labute approximate surface area is 150 Å². The van der Waals surface area contributed by atoms with Gasteiger partial charge in [-0.25, -0.2) is 0 Å². The van der Waals surface area contributed by atoms with Crippen molar-refractivity contribution >= 4 is 34.9 Å². The Kier molecular flexibility index (Phi) is 4.74. The van der Waals surface area contributed by atoms with Gasteiger partial charge in [0, 0.05) is 40.7 Å². The first kappa shape index (κ1) is 17.1. The minimum Gasteiger partial charge on any atom is -0.495 e. The maximum Gasteiger partial charge on any atom is 0.226 e. The predicted octanol–water partition coefficient (Wildman–Crippen LogP) is 4.39. The number of methoxy groups -OCH3 is 1. The molecule has 7 heteroatoms. The fourth-order valence-corrected chi connectivity index (χ4v) is 3.88. The van der Waals surface area contributed by atoms with Crippen molar-refractivity contribution in [1.82, 2.24) is 9.78 Å². The van der Waals surface area contributed by atoms with Gasteiger partial charge in [0.05, 0.1) is 12.1 Å². The Balaban J connectivity index is 2.19. The molecule has 2 heterocycles. The van der Waals surface area contributed by atoms with E-state index in [1.807, 2.05) is 17.7 Å². The van der Waals surface area contributed by atoms with Crippen LogP contribution >= 0.6 is 23.2 Å². The fraction of sp³-hybridized carbons (Fsp3) is 0.412. The number of aryl methyl sites for hydroxylation is 1. The van der Waals surface area contributed by atoms with Crippen LogP contribution in [0.15, 0.2) is 12.1 Å². The summed E-state index contributed by atoms with van der Waals surface area (Å²) in [5.74, 6) is 0.895. The van der Waals surface area contributed by atoms with E-state index in [1.165, 1.54) is 0 Å². The van der Waals surface area contributed by atoms with Crippen molar-refractivity contribution in [3.63, 3.8) is 0 Å². The van der Waals surface area contributed by atoms with E-state index in [-0.39, 0.29) is 11.8 Å². The molecule has 0 saturated heterocycles. The molecule has 1 N–H and O–H groups in total. The summed E-state index contributed by atoms with van der Waals surface area (Å²) in [7, 11) is 1.57. The monoisotopic (exact) mass is 367 g/mol. The van der Waals surface area contributed by atoms with Crippen molar-refractivity contribution in [2.75, 3.05) is 12.4 Å². The lowest BCUT2D eigenvalue weighted by Crippen LogP contribution is -2.23. The number of carbonyl (C=O) groups excluding carboxylic acids is 1. The Bertz CT molecular complexity index is 802. The molecular weight excluding hydrogens is 349 g/mol. The number of ether oxygens (including phenoxy) is 1. The molecule has 3 rings (SSSR count). The summed E-state index contributed by atoms with van der Waals surface area (Å²) in [5.41, 5.74) is 2.85. The normalized spacial score (nSPS) is 16.7. The van der Waals surface area contributed by atoms with Gasteiger partial charge in [-0.15, -0.1) is 0 Å². The molecule has 5 nitrogen and oxygen atoms in total. The highest BCUT2D eigenvalue weighted by Crippen LogP contribution is 2.45. The van der Waals surface area contributed by atoms with Gasteiger partial charge in [0.2, 0.25) is 5.91 Å². The molecule has 1 aliphatic rings. The van der Waals surface area contributed by atoms with E-state index in [1.54, 1.807) is 13.2 Å². The van der Waals surface area contributed by atoms with Gasteiger partial charge in [0.1, 0.15) is 5.75 Å². The second kappa shape index (κ2) is 6.65. The molecule has 1 amide bonds. The summed E-state index contributed by atoms with van der Waals surface area (Å²) >= 11 is 12.5. The third-order valence-corrected chi connectivity index (χ3v) is 4.80. The van der Waals surface area contributed by atoms with Crippen LogP contribution in [0.25, 0.3) is 0 Å². The van der Waals surface area contributed by atoms with Crippen LogP contribution < -0.4 is 10.1 Å². The van der Waals surface area contributed by atoms with Gasteiger partial charge in [-0.05, 0) is 25.5 Å².